The van der Waals surface area contributed by atoms with Crippen LogP contribution in [0.5, 0.6) is 0 Å². The summed E-state index contributed by atoms with van der Waals surface area (Å²) in [5.74, 6) is 0. The maximum atomic E-state index is 6.57. The van der Waals surface area contributed by atoms with Crippen molar-refractivity contribution in [3.8, 4) is 33.4 Å². The van der Waals surface area contributed by atoms with Gasteiger partial charge in [0, 0.05) is 11.3 Å². The van der Waals surface area contributed by atoms with E-state index in [0.717, 1.165) is 44.6 Å². The lowest BCUT2D eigenvalue weighted by atomic mass is 9.83. The molecule has 0 aromatic heterocycles. The molecule has 27 heavy (non-hydrogen) atoms. The fraction of sp³-hybridized carbons (Fsp3) is 0. The van der Waals surface area contributed by atoms with Gasteiger partial charge in [-0.2, -0.15) is 0 Å². The summed E-state index contributed by atoms with van der Waals surface area (Å²) in [5.41, 5.74) is 15.1. The fourth-order valence-corrected chi connectivity index (χ4v) is 3.61. The number of benzene rings is 4. The Labute approximate surface area is 160 Å². The Bertz CT molecular complexity index is 1070. The van der Waals surface area contributed by atoms with Crippen molar-refractivity contribution < 1.29 is 0 Å². The van der Waals surface area contributed by atoms with Gasteiger partial charge in [-0.05, 0) is 39.4 Å². The molecule has 0 aliphatic heterocycles. The second kappa shape index (κ2) is 7.35. The highest BCUT2D eigenvalue weighted by Crippen LogP contribution is 2.45. The summed E-state index contributed by atoms with van der Waals surface area (Å²) >= 11 is 0. The zero-order valence-corrected chi connectivity index (χ0v) is 15.1. The van der Waals surface area contributed by atoms with Crippen molar-refractivity contribution in [2.45, 2.75) is 0 Å². The molecule has 0 atom stereocenters. The van der Waals surface area contributed by atoms with E-state index in [4.69, 9.17) is 5.73 Å². The van der Waals surface area contributed by atoms with Crippen molar-refractivity contribution >= 4 is 11.8 Å². The Morgan fingerprint density at radius 1 is 0.556 bits per heavy atom. The third-order valence-corrected chi connectivity index (χ3v) is 4.80. The molecule has 0 bridgehead atoms. The van der Waals surface area contributed by atoms with Crippen molar-refractivity contribution in [2.24, 2.45) is 0 Å². The topological polar surface area (TPSA) is 26.0 Å². The van der Waals surface area contributed by atoms with Gasteiger partial charge in [-0.1, -0.05) is 104 Å². The summed E-state index contributed by atoms with van der Waals surface area (Å²) in [6.07, 6.45) is 1.89. The minimum atomic E-state index is 0.759. The van der Waals surface area contributed by atoms with Crippen LogP contribution in [0.2, 0.25) is 0 Å². The summed E-state index contributed by atoms with van der Waals surface area (Å²) < 4.78 is 0. The Kier molecular flexibility index (Phi) is 4.59. The highest BCUT2D eigenvalue weighted by molar-refractivity contribution is 6.02. The van der Waals surface area contributed by atoms with E-state index in [1.165, 1.54) is 0 Å². The molecular weight excluding hydrogens is 326 g/mol. The average Bonchev–Trinajstić information content (AvgIpc) is 2.74. The number of nitrogen functional groups attached to an aromatic ring is 1. The second-order valence-corrected chi connectivity index (χ2v) is 6.48. The Morgan fingerprint density at radius 3 is 1.41 bits per heavy atom. The third kappa shape index (κ3) is 3.16. The molecule has 0 fully saturated rings. The highest BCUT2D eigenvalue weighted by Gasteiger charge is 2.19. The van der Waals surface area contributed by atoms with Crippen LogP contribution < -0.4 is 5.73 Å². The van der Waals surface area contributed by atoms with E-state index in [0.29, 0.717) is 0 Å². The molecule has 0 saturated heterocycles. The van der Waals surface area contributed by atoms with E-state index in [1.54, 1.807) is 0 Å². The Hall–Kier alpha value is -3.58. The molecule has 0 saturated carbocycles. The summed E-state index contributed by atoms with van der Waals surface area (Å²) in [4.78, 5) is 0. The Morgan fingerprint density at radius 2 is 0.963 bits per heavy atom. The van der Waals surface area contributed by atoms with Crippen molar-refractivity contribution in [2.75, 3.05) is 5.73 Å². The number of anilines is 1. The van der Waals surface area contributed by atoms with Gasteiger partial charge in [0.25, 0.3) is 0 Å². The normalized spacial score (nSPS) is 10.5. The molecule has 2 N–H and O–H groups in total. The molecule has 0 amide bonds. The largest absolute Gasteiger partial charge is 0.398 e. The second-order valence-electron chi connectivity index (χ2n) is 6.48. The van der Waals surface area contributed by atoms with Crippen LogP contribution in [-0.2, 0) is 0 Å². The van der Waals surface area contributed by atoms with Gasteiger partial charge in [0.2, 0.25) is 0 Å². The molecule has 0 heterocycles. The lowest BCUT2D eigenvalue weighted by molar-refractivity contribution is 1.54. The standard InChI is InChI=1S/C26H21N/c1-2-19-18-23(27)25(21-14-8-4-9-15-21)26(22-16-10-5-11-17-22)24(19)20-12-6-3-7-13-20/h2-18H,1,27H2. The van der Waals surface area contributed by atoms with Crippen LogP contribution in [0.25, 0.3) is 39.5 Å². The predicted molar refractivity (Wildman–Crippen MR) is 117 cm³/mol. The molecule has 130 valence electrons. The SMILES string of the molecule is C=Cc1cc(N)c(-c2ccccc2)c(-c2ccccc2)c1-c1ccccc1. The third-order valence-electron chi connectivity index (χ3n) is 4.80. The van der Waals surface area contributed by atoms with E-state index in [2.05, 4.69) is 67.2 Å². The van der Waals surface area contributed by atoms with Gasteiger partial charge >= 0.3 is 0 Å². The average molecular weight is 347 g/mol. The van der Waals surface area contributed by atoms with E-state index in [-0.39, 0.29) is 0 Å². The summed E-state index contributed by atoms with van der Waals surface area (Å²) in [5, 5.41) is 0. The molecular formula is C26H21N. The maximum Gasteiger partial charge on any atom is 0.0406 e. The van der Waals surface area contributed by atoms with Gasteiger partial charge in [0.15, 0.2) is 0 Å². The molecule has 1 nitrogen and oxygen atoms in total. The van der Waals surface area contributed by atoms with Gasteiger partial charge < -0.3 is 5.73 Å². The number of hydrogen-bond donors (Lipinski definition) is 1. The summed E-state index contributed by atoms with van der Waals surface area (Å²) in [6.45, 7) is 4.04. The fourth-order valence-electron chi connectivity index (χ4n) is 3.61. The monoisotopic (exact) mass is 347 g/mol. The van der Waals surface area contributed by atoms with Crippen molar-refractivity contribution in [3.63, 3.8) is 0 Å². The first-order valence-corrected chi connectivity index (χ1v) is 9.04. The van der Waals surface area contributed by atoms with Gasteiger partial charge in [-0.15, -0.1) is 0 Å². The minimum Gasteiger partial charge on any atom is -0.398 e. The van der Waals surface area contributed by atoms with Crippen LogP contribution in [0.3, 0.4) is 0 Å². The first-order chi connectivity index (χ1) is 13.3. The molecule has 0 aliphatic carbocycles. The van der Waals surface area contributed by atoms with Gasteiger partial charge in [0.1, 0.15) is 0 Å². The molecule has 0 spiro atoms. The van der Waals surface area contributed by atoms with Crippen LogP contribution >= 0.6 is 0 Å². The van der Waals surface area contributed by atoms with Gasteiger partial charge in [-0.3, -0.25) is 0 Å². The molecule has 0 unspecified atom stereocenters. The van der Waals surface area contributed by atoms with Crippen LogP contribution in [-0.4, -0.2) is 0 Å². The zero-order chi connectivity index (χ0) is 18.6. The van der Waals surface area contributed by atoms with Crippen LogP contribution in [0.15, 0.2) is 104 Å². The predicted octanol–water partition coefficient (Wildman–Crippen LogP) is 6.91. The maximum absolute atomic E-state index is 6.57. The minimum absolute atomic E-state index is 0.759. The molecule has 4 aromatic carbocycles. The first kappa shape index (κ1) is 16.9. The highest BCUT2D eigenvalue weighted by atomic mass is 14.6. The molecule has 1 heteroatoms. The first-order valence-electron chi connectivity index (χ1n) is 9.04. The van der Waals surface area contributed by atoms with E-state index >= 15 is 0 Å². The van der Waals surface area contributed by atoms with Crippen LogP contribution in [0.4, 0.5) is 5.69 Å². The lowest BCUT2D eigenvalue weighted by Gasteiger charge is -2.21. The van der Waals surface area contributed by atoms with Gasteiger partial charge in [0.05, 0.1) is 0 Å². The molecule has 4 aromatic rings. The molecule has 0 aliphatic rings. The number of hydrogen-bond acceptors (Lipinski definition) is 1. The zero-order valence-electron chi connectivity index (χ0n) is 15.1. The smallest absolute Gasteiger partial charge is 0.0406 e. The van der Waals surface area contributed by atoms with E-state index in [1.807, 2.05) is 42.5 Å². The Balaban J connectivity index is 2.16. The summed E-state index contributed by atoms with van der Waals surface area (Å²) in [7, 11) is 0. The van der Waals surface area contributed by atoms with E-state index in [9.17, 15) is 0 Å². The molecule has 0 radical (unpaired) electrons. The number of rotatable bonds is 4. The lowest BCUT2D eigenvalue weighted by Crippen LogP contribution is -1.99. The van der Waals surface area contributed by atoms with Crippen LogP contribution in [0.1, 0.15) is 5.56 Å². The molecule has 4 rings (SSSR count). The quantitative estimate of drug-likeness (QED) is 0.399. The summed E-state index contributed by atoms with van der Waals surface area (Å²) in [6, 6.07) is 33.3. The van der Waals surface area contributed by atoms with Crippen LogP contribution in [0, 0.1) is 0 Å². The van der Waals surface area contributed by atoms with Gasteiger partial charge in [-0.25, -0.2) is 0 Å². The van der Waals surface area contributed by atoms with E-state index < -0.39 is 0 Å². The van der Waals surface area contributed by atoms with Crippen molar-refractivity contribution in [1.82, 2.24) is 0 Å². The van der Waals surface area contributed by atoms with Crippen molar-refractivity contribution in [1.29, 1.82) is 0 Å². The number of nitrogens with two attached hydrogens (primary N) is 1. The van der Waals surface area contributed by atoms with Crippen molar-refractivity contribution in [3.05, 3.63) is 109 Å².